The number of fused-ring (bicyclic) bond motifs is 1. The van der Waals surface area contributed by atoms with Crippen LogP contribution in [0.25, 0.3) is 22.0 Å². The molecule has 7 aromatic rings. The number of rotatable bonds is 7. The Bertz CT molecular complexity index is 2060. The van der Waals surface area contributed by atoms with Crippen molar-refractivity contribution in [2.24, 2.45) is 0 Å². The number of hydrogen-bond acceptors (Lipinski definition) is 4. The van der Waals surface area contributed by atoms with E-state index in [1.165, 1.54) is 0 Å². The van der Waals surface area contributed by atoms with E-state index in [1.807, 2.05) is 30.5 Å². The third-order valence-electron chi connectivity index (χ3n) is 10.1. The normalized spacial score (nSPS) is 18.2. The van der Waals surface area contributed by atoms with Gasteiger partial charge in [-0.05, 0) is 77.8 Å². The summed E-state index contributed by atoms with van der Waals surface area (Å²) >= 11 is 6.12. The van der Waals surface area contributed by atoms with Crippen LogP contribution in [0.15, 0.2) is 152 Å². The van der Waals surface area contributed by atoms with Crippen LogP contribution in [0.2, 0.25) is 5.02 Å². The second-order valence-corrected chi connectivity index (χ2v) is 13.2. The lowest BCUT2D eigenvalue weighted by molar-refractivity contribution is -0.00586. The standard InChI is InChI=1S/C42H35ClN4O/c43-37-19-17-33(18-20-37)41(48)24-22-30(23-25-41)40-38-26-31(16-21-39(38)44-29-45-40)32-27-46-47(28-32)42(34-10-4-1-5-11-34,35-12-6-2-7-13-35)36-14-8-3-9-15-36/h1-21,26-30,48H,22-25H2. The van der Waals surface area contributed by atoms with Crippen molar-refractivity contribution in [1.82, 2.24) is 19.7 Å². The van der Waals surface area contributed by atoms with E-state index in [4.69, 9.17) is 21.7 Å². The fourth-order valence-corrected chi connectivity index (χ4v) is 7.72. The van der Waals surface area contributed by atoms with Crippen molar-refractivity contribution >= 4 is 22.5 Å². The Balaban J connectivity index is 1.18. The first kappa shape index (κ1) is 30.2. The van der Waals surface area contributed by atoms with Crippen LogP contribution in [0.1, 0.15) is 59.5 Å². The summed E-state index contributed by atoms with van der Waals surface area (Å²) in [4.78, 5) is 9.46. The summed E-state index contributed by atoms with van der Waals surface area (Å²) in [6.45, 7) is 0. The van der Waals surface area contributed by atoms with Gasteiger partial charge in [0.1, 0.15) is 11.9 Å². The molecule has 0 amide bonds. The number of aromatic nitrogens is 4. The zero-order chi connectivity index (χ0) is 32.6. The van der Waals surface area contributed by atoms with E-state index < -0.39 is 11.1 Å². The maximum Gasteiger partial charge on any atom is 0.138 e. The van der Waals surface area contributed by atoms with E-state index in [0.717, 1.165) is 62.8 Å². The third-order valence-corrected chi connectivity index (χ3v) is 10.3. The first-order valence-corrected chi connectivity index (χ1v) is 16.9. The zero-order valence-corrected chi connectivity index (χ0v) is 27.2. The van der Waals surface area contributed by atoms with Gasteiger partial charge in [0.25, 0.3) is 0 Å². The molecular formula is C42H35ClN4O. The average molecular weight is 647 g/mol. The Morgan fingerprint density at radius 1 is 0.688 bits per heavy atom. The van der Waals surface area contributed by atoms with Crippen LogP contribution >= 0.6 is 11.6 Å². The molecule has 0 bridgehead atoms. The van der Waals surface area contributed by atoms with Gasteiger partial charge in [-0.25, -0.2) is 9.97 Å². The van der Waals surface area contributed by atoms with Gasteiger partial charge >= 0.3 is 0 Å². The SMILES string of the molecule is OC1(c2ccc(Cl)cc2)CCC(c2ncnc3ccc(-c4cnn(C(c5ccccc5)(c5ccccc5)c5ccccc5)c4)cc23)CC1. The zero-order valence-electron chi connectivity index (χ0n) is 26.5. The van der Waals surface area contributed by atoms with Crippen LogP contribution in [-0.2, 0) is 11.1 Å². The van der Waals surface area contributed by atoms with Crippen molar-refractivity contribution in [3.63, 3.8) is 0 Å². The highest BCUT2D eigenvalue weighted by Gasteiger charge is 2.39. The molecule has 0 atom stereocenters. The van der Waals surface area contributed by atoms with Crippen LogP contribution < -0.4 is 0 Å². The highest BCUT2D eigenvalue weighted by molar-refractivity contribution is 6.30. The smallest absolute Gasteiger partial charge is 0.138 e. The van der Waals surface area contributed by atoms with Crippen molar-refractivity contribution in [3.8, 4) is 11.1 Å². The summed E-state index contributed by atoms with van der Waals surface area (Å²) in [5, 5.41) is 18.3. The molecule has 0 unspecified atom stereocenters. The Hall–Kier alpha value is -5.10. The lowest BCUT2D eigenvalue weighted by Gasteiger charge is -2.36. The highest BCUT2D eigenvalue weighted by atomic mass is 35.5. The molecule has 48 heavy (non-hydrogen) atoms. The Labute approximate surface area is 285 Å². The van der Waals surface area contributed by atoms with E-state index in [-0.39, 0.29) is 5.92 Å². The highest BCUT2D eigenvalue weighted by Crippen LogP contribution is 2.45. The summed E-state index contributed by atoms with van der Waals surface area (Å²) in [6.07, 6.45) is 8.78. The van der Waals surface area contributed by atoms with Gasteiger partial charge in [0.15, 0.2) is 0 Å². The van der Waals surface area contributed by atoms with E-state index in [2.05, 4.69) is 125 Å². The largest absolute Gasteiger partial charge is 0.385 e. The fourth-order valence-electron chi connectivity index (χ4n) is 7.59. The summed E-state index contributed by atoms with van der Waals surface area (Å²) in [5.41, 5.74) is 6.80. The molecule has 5 aromatic carbocycles. The first-order valence-electron chi connectivity index (χ1n) is 16.5. The number of benzene rings is 5. The molecule has 0 saturated heterocycles. The van der Waals surface area contributed by atoms with Crippen LogP contribution in [0.3, 0.4) is 0 Å². The minimum Gasteiger partial charge on any atom is -0.385 e. The van der Waals surface area contributed by atoms with Crippen molar-refractivity contribution in [2.45, 2.75) is 42.7 Å². The molecule has 0 spiro atoms. The molecule has 8 rings (SSSR count). The fraction of sp³-hybridized carbons (Fsp3) is 0.167. The van der Waals surface area contributed by atoms with Crippen LogP contribution in [0.4, 0.5) is 0 Å². The number of nitrogens with zero attached hydrogens (tertiary/aromatic N) is 4. The van der Waals surface area contributed by atoms with Crippen molar-refractivity contribution in [1.29, 1.82) is 0 Å². The Morgan fingerprint density at radius 3 is 1.85 bits per heavy atom. The number of aliphatic hydroxyl groups is 1. The van der Waals surface area contributed by atoms with Crippen molar-refractivity contribution in [3.05, 3.63) is 185 Å². The van der Waals surface area contributed by atoms with Gasteiger partial charge in [-0.3, -0.25) is 4.68 Å². The van der Waals surface area contributed by atoms with Gasteiger partial charge in [0.2, 0.25) is 0 Å². The second-order valence-electron chi connectivity index (χ2n) is 12.8. The summed E-state index contributed by atoms with van der Waals surface area (Å²) in [6, 6.07) is 45.8. The van der Waals surface area contributed by atoms with Gasteiger partial charge < -0.3 is 5.11 Å². The van der Waals surface area contributed by atoms with Crippen LogP contribution in [0, 0.1) is 0 Å². The maximum absolute atomic E-state index is 11.5. The second kappa shape index (κ2) is 12.5. The van der Waals surface area contributed by atoms with E-state index >= 15 is 0 Å². The first-order chi connectivity index (χ1) is 23.5. The van der Waals surface area contributed by atoms with Gasteiger partial charge in [-0.15, -0.1) is 0 Å². The molecule has 1 aliphatic rings. The van der Waals surface area contributed by atoms with Crippen LogP contribution in [-0.4, -0.2) is 24.9 Å². The van der Waals surface area contributed by atoms with Gasteiger partial charge in [-0.1, -0.05) is 121 Å². The molecule has 5 nitrogen and oxygen atoms in total. The number of hydrogen-bond donors (Lipinski definition) is 1. The number of halogens is 1. The summed E-state index contributed by atoms with van der Waals surface area (Å²) < 4.78 is 2.10. The molecule has 2 heterocycles. The third kappa shape index (κ3) is 5.29. The lowest BCUT2D eigenvalue weighted by atomic mass is 9.74. The van der Waals surface area contributed by atoms with Gasteiger partial charge in [-0.2, -0.15) is 5.10 Å². The molecule has 1 fully saturated rings. The topological polar surface area (TPSA) is 63.8 Å². The van der Waals surface area contributed by atoms with Gasteiger partial charge in [0, 0.05) is 28.1 Å². The quantitative estimate of drug-likeness (QED) is 0.175. The van der Waals surface area contributed by atoms with E-state index in [9.17, 15) is 5.11 Å². The molecule has 1 aliphatic carbocycles. The molecule has 0 radical (unpaired) electrons. The monoisotopic (exact) mass is 646 g/mol. The predicted molar refractivity (Wildman–Crippen MR) is 192 cm³/mol. The van der Waals surface area contributed by atoms with Crippen molar-refractivity contribution < 1.29 is 5.11 Å². The minimum atomic E-state index is -0.855. The lowest BCUT2D eigenvalue weighted by Crippen LogP contribution is -2.38. The van der Waals surface area contributed by atoms with E-state index in [0.29, 0.717) is 17.9 Å². The molecule has 1 saturated carbocycles. The Morgan fingerprint density at radius 2 is 1.27 bits per heavy atom. The maximum atomic E-state index is 11.5. The summed E-state index contributed by atoms with van der Waals surface area (Å²) in [5.74, 6) is 0.225. The molecule has 1 N–H and O–H groups in total. The average Bonchev–Trinajstić information content (AvgIpc) is 3.64. The molecule has 6 heteroatoms. The van der Waals surface area contributed by atoms with E-state index in [1.54, 1.807) is 6.33 Å². The molecule has 0 aliphatic heterocycles. The predicted octanol–water partition coefficient (Wildman–Crippen LogP) is 9.53. The minimum absolute atomic E-state index is 0.225. The molecule has 236 valence electrons. The molecule has 2 aromatic heterocycles. The molecular weight excluding hydrogens is 612 g/mol. The Kier molecular flexibility index (Phi) is 7.87. The van der Waals surface area contributed by atoms with Crippen LogP contribution in [0.5, 0.6) is 0 Å². The van der Waals surface area contributed by atoms with Gasteiger partial charge in [0.05, 0.1) is 23.0 Å². The summed E-state index contributed by atoms with van der Waals surface area (Å²) in [7, 11) is 0. The van der Waals surface area contributed by atoms with Crippen molar-refractivity contribution in [2.75, 3.05) is 0 Å².